The molecule has 2 N–H and O–H groups in total. The minimum absolute atomic E-state index is 0.0261. The molecule has 0 amide bonds. The highest BCUT2D eigenvalue weighted by Gasteiger charge is 2.59. The number of guanidine groups is 1. The van der Waals surface area contributed by atoms with E-state index in [-0.39, 0.29) is 11.5 Å². The summed E-state index contributed by atoms with van der Waals surface area (Å²) in [6, 6.07) is 8.07. The summed E-state index contributed by atoms with van der Waals surface area (Å²) in [6.07, 6.45) is 1.46. The van der Waals surface area contributed by atoms with Crippen LogP contribution >= 0.6 is 0 Å². The number of rotatable bonds is 6. The number of nitrogens with zero attached hydrogens (tertiary/aromatic N) is 1. The zero-order chi connectivity index (χ0) is 18.7. The van der Waals surface area contributed by atoms with Gasteiger partial charge in [-0.3, -0.25) is 4.99 Å². The van der Waals surface area contributed by atoms with Crippen LogP contribution in [0.3, 0.4) is 0 Å². The second-order valence-corrected chi connectivity index (χ2v) is 7.72. The maximum atomic E-state index is 6.00. The molecule has 1 saturated carbocycles. The number of benzene rings is 1. The van der Waals surface area contributed by atoms with Gasteiger partial charge in [-0.05, 0) is 25.5 Å². The highest BCUT2D eigenvalue weighted by molar-refractivity contribution is 5.80. The first-order chi connectivity index (χ1) is 12.5. The molecule has 6 nitrogen and oxygen atoms in total. The number of hydrogen-bond acceptors (Lipinski definition) is 4. The van der Waals surface area contributed by atoms with Crippen molar-refractivity contribution in [2.75, 3.05) is 27.3 Å². The molecule has 0 aromatic heterocycles. The molecule has 144 valence electrons. The fraction of sp³-hybridized carbons (Fsp3) is 0.650. The minimum Gasteiger partial charge on any atom is -0.493 e. The summed E-state index contributed by atoms with van der Waals surface area (Å²) in [5.41, 5.74) is 0.123. The Hall–Kier alpha value is -1.95. The number of hydrogen-bond donors (Lipinski definition) is 2. The van der Waals surface area contributed by atoms with E-state index < -0.39 is 0 Å². The van der Waals surface area contributed by atoms with E-state index in [1.807, 2.05) is 31.2 Å². The van der Waals surface area contributed by atoms with E-state index in [1.165, 1.54) is 0 Å². The van der Waals surface area contributed by atoms with Crippen LogP contribution in [0.2, 0.25) is 0 Å². The van der Waals surface area contributed by atoms with E-state index in [0.717, 1.165) is 30.5 Å². The van der Waals surface area contributed by atoms with Gasteiger partial charge in [0.25, 0.3) is 0 Å². The number of aliphatic imine (C=N–C) groups is 1. The Labute approximate surface area is 156 Å². The Morgan fingerprint density at radius 1 is 1.35 bits per heavy atom. The molecule has 0 radical (unpaired) electrons. The van der Waals surface area contributed by atoms with Crippen LogP contribution in [0.15, 0.2) is 29.3 Å². The predicted octanol–water partition coefficient (Wildman–Crippen LogP) is 2.44. The Morgan fingerprint density at radius 3 is 2.77 bits per heavy atom. The van der Waals surface area contributed by atoms with Crippen LogP contribution in [0, 0.1) is 11.3 Å². The number of nitrogens with one attached hydrogen (secondary N) is 2. The standard InChI is InChI=1S/C20H31N3O3/c1-13(26-16-9-7-6-8-15(16)24-5)12-22-19(21-4)23-17-14-10-11-25-18(14)20(17,2)3/h6-9,13-14,17-18H,10-12H2,1-5H3,(H2,21,22,23). The summed E-state index contributed by atoms with van der Waals surface area (Å²) >= 11 is 0. The summed E-state index contributed by atoms with van der Waals surface area (Å²) in [7, 11) is 3.45. The lowest BCUT2D eigenvalue weighted by Crippen LogP contribution is -2.68. The van der Waals surface area contributed by atoms with Crippen molar-refractivity contribution in [3.05, 3.63) is 24.3 Å². The van der Waals surface area contributed by atoms with Crippen molar-refractivity contribution >= 4 is 5.96 Å². The van der Waals surface area contributed by atoms with Gasteiger partial charge in [0.15, 0.2) is 17.5 Å². The van der Waals surface area contributed by atoms with Crippen LogP contribution in [0.4, 0.5) is 0 Å². The smallest absolute Gasteiger partial charge is 0.191 e. The van der Waals surface area contributed by atoms with E-state index in [2.05, 4.69) is 29.5 Å². The van der Waals surface area contributed by atoms with Crippen LogP contribution in [-0.2, 0) is 4.74 Å². The molecule has 0 spiro atoms. The van der Waals surface area contributed by atoms with Gasteiger partial charge in [-0.15, -0.1) is 0 Å². The van der Waals surface area contributed by atoms with Crippen molar-refractivity contribution in [1.29, 1.82) is 0 Å². The molecule has 0 bridgehead atoms. The molecule has 6 heteroatoms. The fourth-order valence-corrected chi connectivity index (χ4v) is 4.17. The van der Waals surface area contributed by atoms with Gasteiger partial charge in [-0.1, -0.05) is 26.0 Å². The molecule has 1 saturated heterocycles. The van der Waals surface area contributed by atoms with Crippen molar-refractivity contribution in [3.63, 3.8) is 0 Å². The first-order valence-corrected chi connectivity index (χ1v) is 9.35. The van der Waals surface area contributed by atoms with Crippen molar-refractivity contribution in [2.45, 2.75) is 45.4 Å². The van der Waals surface area contributed by atoms with Crippen molar-refractivity contribution in [1.82, 2.24) is 10.6 Å². The third kappa shape index (κ3) is 3.61. The second-order valence-electron chi connectivity index (χ2n) is 7.72. The summed E-state index contributed by atoms with van der Waals surface area (Å²) in [5.74, 6) is 2.87. The van der Waals surface area contributed by atoms with Crippen molar-refractivity contribution < 1.29 is 14.2 Å². The molecule has 1 aliphatic heterocycles. The van der Waals surface area contributed by atoms with Gasteiger partial charge < -0.3 is 24.8 Å². The topological polar surface area (TPSA) is 64.1 Å². The first kappa shape index (κ1) is 18.8. The monoisotopic (exact) mass is 361 g/mol. The number of methoxy groups -OCH3 is 1. The van der Waals surface area contributed by atoms with E-state index in [0.29, 0.717) is 24.6 Å². The number of para-hydroxylation sites is 2. The van der Waals surface area contributed by atoms with Gasteiger partial charge in [-0.25, -0.2) is 0 Å². The number of fused-ring (bicyclic) bond motifs is 1. The molecule has 1 aromatic carbocycles. The molecule has 4 atom stereocenters. The molecule has 3 rings (SSSR count). The Balaban J connectivity index is 1.51. The van der Waals surface area contributed by atoms with Gasteiger partial charge in [0.05, 0.1) is 19.8 Å². The quantitative estimate of drug-likeness (QED) is 0.602. The summed E-state index contributed by atoms with van der Waals surface area (Å²) in [4.78, 5) is 4.38. The SMILES string of the molecule is CN=C(NCC(C)Oc1ccccc1OC)NC1C2CCOC2C1(C)C. The maximum Gasteiger partial charge on any atom is 0.191 e. The molecule has 4 unspecified atom stereocenters. The van der Waals surface area contributed by atoms with Crippen LogP contribution in [0.5, 0.6) is 11.5 Å². The average molecular weight is 361 g/mol. The first-order valence-electron chi connectivity index (χ1n) is 9.35. The Bertz CT molecular complexity index is 647. The number of ether oxygens (including phenoxy) is 3. The molecule has 1 heterocycles. The van der Waals surface area contributed by atoms with Crippen LogP contribution in [0.1, 0.15) is 27.2 Å². The summed E-state index contributed by atoms with van der Waals surface area (Å²) in [5, 5.41) is 6.96. The molecule has 1 aromatic rings. The molecular weight excluding hydrogens is 330 g/mol. The Morgan fingerprint density at radius 2 is 2.08 bits per heavy atom. The lowest BCUT2D eigenvalue weighted by Gasteiger charge is -2.54. The Kier molecular flexibility index (Phi) is 5.61. The molecule has 1 aliphatic carbocycles. The van der Waals surface area contributed by atoms with Gasteiger partial charge >= 0.3 is 0 Å². The third-order valence-corrected chi connectivity index (χ3v) is 5.57. The highest BCUT2D eigenvalue weighted by Crippen LogP contribution is 2.52. The van der Waals surface area contributed by atoms with Gasteiger partial charge in [0, 0.05) is 31.0 Å². The van der Waals surface area contributed by atoms with Gasteiger partial charge in [-0.2, -0.15) is 0 Å². The average Bonchev–Trinajstić information content (AvgIpc) is 3.09. The van der Waals surface area contributed by atoms with E-state index in [4.69, 9.17) is 14.2 Å². The summed E-state index contributed by atoms with van der Waals surface area (Å²) < 4.78 is 17.2. The minimum atomic E-state index is -0.0261. The van der Waals surface area contributed by atoms with E-state index >= 15 is 0 Å². The van der Waals surface area contributed by atoms with Gasteiger partial charge in [0.1, 0.15) is 6.10 Å². The molecule has 2 fully saturated rings. The maximum absolute atomic E-state index is 6.00. The highest BCUT2D eigenvalue weighted by atomic mass is 16.5. The molecule has 26 heavy (non-hydrogen) atoms. The lowest BCUT2D eigenvalue weighted by atomic mass is 9.57. The predicted molar refractivity (Wildman–Crippen MR) is 103 cm³/mol. The van der Waals surface area contributed by atoms with E-state index in [9.17, 15) is 0 Å². The van der Waals surface area contributed by atoms with E-state index in [1.54, 1.807) is 14.2 Å². The second kappa shape index (κ2) is 7.74. The zero-order valence-corrected chi connectivity index (χ0v) is 16.4. The molecule has 2 aliphatic rings. The molecular formula is C20H31N3O3. The summed E-state index contributed by atoms with van der Waals surface area (Å²) in [6.45, 7) is 8.07. The van der Waals surface area contributed by atoms with Crippen molar-refractivity contribution in [3.8, 4) is 11.5 Å². The lowest BCUT2D eigenvalue weighted by molar-refractivity contribution is -0.106. The third-order valence-electron chi connectivity index (χ3n) is 5.57. The zero-order valence-electron chi connectivity index (χ0n) is 16.4. The van der Waals surface area contributed by atoms with Gasteiger partial charge in [0.2, 0.25) is 0 Å². The normalized spacial score (nSPS) is 27.9. The van der Waals surface area contributed by atoms with Crippen LogP contribution < -0.4 is 20.1 Å². The van der Waals surface area contributed by atoms with Crippen LogP contribution in [0.25, 0.3) is 0 Å². The largest absolute Gasteiger partial charge is 0.493 e. The van der Waals surface area contributed by atoms with Crippen molar-refractivity contribution in [2.24, 2.45) is 16.3 Å². The fourth-order valence-electron chi connectivity index (χ4n) is 4.17. The van der Waals surface area contributed by atoms with Crippen LogP contribution in [-0.4, -0.2) is 51.5 Å².